The van der Waals surface area contributed by atoms with Crippen molar-refractivity contribution in [2.45, 2.75) is 26.7 Å². The van der Waals surface area contributed by atoms with Crippen LogP contribution in [-0.2, 0) is 4.74 Å². The van der Waals surface area contributed by atoms with Crippen LogP contribution < -0.4 is 24.6 Å². The van der Waals surface area contributed by atoms with Crippen LogP contribution in [0.25, 0.3) is 0 Å². The molecule has 2 aliphatic rings. The molecule has 2 aromatic carbocycles. The maximum atomic E-state index is 13.2. The van der Waals surface area contributed by atoms with Gasteiger partial charge in [-0.2, -0.15) is 0 Å². The first-order valence-electron chi connectivity index (χ1n) is 12.1. The number of nitro benzene ring substituents is 1. The lowest BCUT2D eigenvalue weighted by atomic mass is 10.1. The van der Waals surface area contributed by atoms with Gasteiger partial charge in [0.2, 0.25) is 0 Å². The number of morpholine rings is 1. The van der Waals surface area contributed by atoms with Crippen molar-refractivity contribution in [2.75, 3.05) is 67.7 Å². The van der Waals surface area contributed by atoms with Crippen molar-refractivity contribution in [3.05, 3.63) is 46.0 Å². The molecule has 0 unspecified atom stereocenters. The monoisotopic (exact) mass is 484 g/mol. The summed E-state index contributed by atoms with van der Waals surface area (Å²) in [5.74, 6) is 0.682. The van der Waals surface area contributed by atoms with E-state index in [0.29, 0.717) is 49.3 Å². The Kier molecular flexibility index (Phi) is 7.91. The van der Waals surface area contributed by atoms with Crippen LogP contribution in [0.1, 0.15) is 37.0 Å². The second-order valence-corrected chi connectivity index (χ2v) is 8.39. The van der Waals surface area contributed by atoms with Crippen LogP contribution in [0, 0.1) is 10.1 Å². The number of carbonyl (C=O) groups excluding carboxylic acids is 1. The number of hydrogen-bond acceptors (Lipinski definition) is 8. The lowest BCUT2D eigenvalue weighted by molar-refractivity contribution is -0.384. The molecule has 188 valence electrons. The highest BCUT2D eigenvalue weighted by Gasteiger charge is 2.25. The first kappa shape index (κ1) is 24.6. The first-order valence-corrected chi connectivity index (χ1v) is 12.1. The van der Waals surface area contributed by atoms with Crippen LogP contribution in [0.15, 0.2) is 30.3 Å². The molecule has 10 nitrogen and oxygen atoms in total. The van der Waals surface area contributed by atoms with Gasteiger partial charge in [-0.3, -0.25) is 14.9 Å². The summed E-state index contributed by atoms with van der Waals surface area (Å²) in [4.78, 5) is 28.6. The highest BCUT2D eigenvalue weighted by Crippen LogP contribution is 2.40. The molecule has 2 aliphatic heterocycles. The maximum Gasteiger partial charge on any atom is 0.293 e. The highest BCUT2D eigenvalue weighted by molar-refractivity contribution is 6.06. The molecular weight excluding hydrogens is 452 g/mol. The van der Waals surface area contributed by atoms with Crippen LogP contribution in [0.5, 0.6) is 11.5 Å². The summed E-state index contributed by atoms with van der Waals surface area (Å²) in [6.45, 7) is 8.91. The van der Waals surface area contributed by atoms with Gasteiger partial charge in [0.15, 0.2) is 0 Å². The number of nitrogens with one attached hydrogen (secondary N) is 1. The smallest absolute Gasteiger partial charge is 0.293 e. The summed E-state index contributed by atoms with van der Waals surface area (Å²) in [6, 6.07) is 8.25. The average Bonchev–Trinajstić information content (AvgIpc) is 3.41. The fourth-order valence-corrected chi connectivity index (χ4v) is 4.48. The molecule has 0 saturated carbocycles. The van der Waals surface area contributed by atoms with Crippen LogP contribution in [0.3, 0.4) is 0 Å². The molecule has 2 fully saturated rings. The molecule has 2 aromatic rings. The van der Waals surface area contributed by atoms with Crippen molar-refractivity contribution >= 4 is 28.7 Å². The quantitative estimate of drug-likeness (QED) is 0.419. The molecule has 10 heteroatoms. The van der Waals surface area contributed by atoms with Crippen LogP contribution in [0.4, 0.5) is 22.7 Å². The van der Waals surface area contributed by atoms with E-state index in [9.17, 15) is 14.9 Å². The number of benzene rings is 2. The van der Waals surface area contributed by atoms with E-state index in [1.54, 1.807) is 18.2 Å². The minimum atomic E-state index is -0.455. The summed E-state index contributed by atoms with van der Waals surface area (Å²) in [6.07, 6.45) is 2.00. The van der Waals surface area contributed by atoms with E-state index in [1.165, 1.54) is 6.07 Å². The van der Waals surface area contributed by atoms with Gasteiger partial charge >= 0.3 is 0 Å². The zero-order valence-electron chi connectivity index (χ0n) is 20.2. The van der Waals surface area contributed by atoms with Gasteiger partial charge in [-0.05, 0) is 38.8 Å². The standard InChI is InChI=1S/C25H32N4O6/c1-3-34-23-17-22(28-11-13-33-14-12-28)24(35-4-2)16-19(23)26-25(30)18-7-8-20(21(15-18)29(31)32)27-9-5-6-10-27/h7-8,15-17H,3-6,9-14H2,1-2H3,(H,26,30). The van der Waals surface area contributed by atoms with Crippen LogP contribution >= 0.6 is 0 Å². The Labute approximate surface area is 204 Å². The Bertz CT molecular complexity index is 1060. The molecule has 0 spiro atoms. The van der Waals surface area contributed by atoms with Crippen molar-refractivity contribution in [1.82, 2.24) is 0 Å². The molecule has 0 bridgehead atoms. The number of nitrogens with zero attached hydrogens (tertiary/aromatic N) is 3. The van der Waals surface area contributed by atoms with E-state index in [-0.39, 0.29) is 11.3 Å². The molecular formula is C25H32N4O6. The largest absolute Gasteiger partial charge is 0.492 e. The molecule has 0 aromatic heterocycles. The molecule has 2 heterocycles. The van der Waals surface area contributed by atoms with Crippen molar-refractivity contribution in [2.24, 2.45) is 0 Å². The van der Waals surface area contributed by atoms with Crippen LogP contribution in [-0.4, -0.2) is 63.4 Å². The SMILES string of the molecule is CCOc1cc(N2CCOCC2)c(OCC)cc1NC(=O)c1ccc(N2CCCC2)c([N+](=O)[O-])c1. The van der Waals surface area contributed by atoms with Gasteiger partial charge in [0.1, 0.15) is 17.2 Å². The van der Waals surface area contributed by atoms with E-state index in [4.69, 9.17) is 14.2 Å². The molecule has 1 N–H and O–H groups in total. The molecule has 0 radical (unpaired) electrons. The Morgan fingerprint density at radius 1 is 0.971 bits per heavy atom. The summed E-state index contributed by atoms with van der Waals surface area (Å²) < 4.78 is 17.2. The maximum absolute atomic E-state index is 13.2. The normalized spacial score (nSPS) is 15.7. The van der Waals surface area contributed by atoms with E-state index < -0.39 is 10.8 Å². The Morgan fingerprint density at radius 2 is 1.63 bits per heavy atom. The Morgan fingerprint density at radius 3 is 2.29 bits per heavy atom. The molecule has 0 aliphatic carbocycles. The fourth-order valence-electron chi connectivity index (χ4n) is 4.48. The summed E-state index contributed by atoms with van der Waals surface area (Å²) in [5.41, 5.74) is 2.01. The third kappa shape index (κ3) is 5.59. The van der Waals surface area contributed by atoms with Crippen LogP contribution in [0.2, 0.25) is 0 Å². The third-order valence-corrected chi connectivity index (χ3v) is 6.14. The number of anilines is 3. The second kappa shape index (κ2) is 11.3. The Hall–Kier alpha value is -3.53. The predicted octanol–water partition coefficient (Wildman–Crippen LogP) is 4.08. The predicted molar refractivity (Wildman–Crippen MR) is 134 cm³/mol. The van der Waals surface area contributed by atoms with Gasteiger partial charge < -0.3 is 29.3 Å². The minimum absolute atomic E-state index is 0.0674. The average molecular weight is 485 g/mol. The second-order valence-electron chi connectivity index (χ2n) is 8.39. The van der Waals surface area contributed by atoms with Gasteiger partial charge in [-0.15, -0.1) is 0 Å². The summed E-state index contributed by atoms with van der Waals surface area (Å²) in [5, 5.41) is 14.6. The van der Waals surface area contributed by atoms with Gasteiger partial charge in [0.05, 0.1) is 42.7 Å². The molecule has 2 saturated heterocycles. The fraction of sp³-hybridized carbons (Fsp3) is 0.480. The minimum Gasteiger partial charge on any atom is -0.492 e. The van der Waals surface area contributed by atoms with Gasteiger partial charge in [-0.25, -0.2) is 0 Å². The van der Waals surface area contributed by atoms with E-state index >= 15 is 0 Å². The molecule has 1 amide bonds. The summed E-state index contributed by atoms with van der Waals surface area (Å²) in [7, 11) is 0. The third-order valence-electron chi connectivity index (χ3n) is 6.14. The topological polar surface area (TPSA) is 106 Å². The van der Waals surface area contributed by atoms with Crippen molar-refractivity contribution in [3.8, 4) is 11.5 Å². The zero-order valence-corrected chi connectivity index (χ0v) is 20.2. The van der Waals surface area contributed by atoms with Gasteiger partial charge in [0, 0.05) is 49.9 Å². The summed E-state index contributed by atoms with van der Waals surface area (Å²) >= 11 is 0. The van der Waals surface area contributed by atoms with E-state index in [1.807, 2.05) is 24.8 Å². The molecule has 4 rings (SSSR count). The Balaban J connectivity index is 1.64. The van der Waals surface area contributed by atoms with Gasteiger partial charge in [-0.1, -0.05) is 0 Å². The van der Waals surface area contributed by atoms with Gasteiger partial charge in [0.25, 0.3) is 11.6 Å². The van der Waals surface area contributed by atoms with Crippen molar-refractivity contribution < 1.29 is 23.9 Å². The number of nitro groups is 1. The van der Waals surface area contributed by atoms with E-state index in [2.05, 4.69) is 10.2 Å². The number of carbonyl (C=O) groups is 1. The molecule has 0 atom stereocenters. The van der Waals surface area contributed by atoms with Crippen molar-refractivity contribution in [3.63, 3.8) is 0 Å². The number of ether oxygens (including phenoxy) is 3. The lowest BCUT2D eigenvalue weighted by Crippen LogP contribution is -2.36. The highest BCUT2D eigenvalue weighted by atomic mass is 16.6. The first-order chi connectivity index (χ1) is 17.0. The molecule has 35 heavy (non-hydrogen) atoms. The zero-order chi connectivity index (χ0) is 24.8. The van der Waals surface area contributed by atoms with Crippen molar-refractivity contribution in [1.29, 1.82) is 0 Å². The van der Waals surface area contributed by atoms with E-state index in [0.717, 1.165) is 44.7 Å². The lowest BCUT2D eigenvalue weighted by Gasteiger charge is -2.31. The number of amides is 1. The number of rotatable bonds is 9. The number of hydrogen-bond donors (Lipinski definition) is 1.